The van der Waals surface area contributed by atoms with Crippen molar-refractivity contribution in [3.05, 3.63) is 36.0 Å². The van der Waals surface area contributed by atoms with E-state index in [9.17, 15) is 5.11 Å². The van der Waals surface area contributed by atoms with Gasteiger partial charge in [-0.25, -0.2) is 0 Å². The molecular weight excluding hydrogens is 214 g/mol. The minimum Gasteiger partial charge on any atom is -0.390 e. The van der Waals surface area contributed by atoms with Gasteiger partial charge in [0.05, 0.1) is 11.8 Å². The fourth-order valence-electron chi connectivity index (χ4n) is 1.83. The van der Waals surface area contributed by atoms with Crippen molar-refractivity contribution < 1.29 is 5.11 Å². The maximum atomic E-state index is 9.73. The molecule has 0 bridgehead atoms. The Morgan fingerprint density at radius 1 is 1.29 bits per heavy atom. The highest BCUT2D eigenvalue weighted by Crippen LogP contribution is 2.24. The van der Waals surface area contributed by atoms with Crippen LogP contribution in [0.15, 0.2) is 30.5 Å². The van der Waals surface area contributed by atoms with E-state index in [0.717, 1.165) is 16.7 Å². The van der Waals surface area contributed by atoms with Crippen molar-refractivity contribution in [2.24, 2.45) is 0 Å². The molecule has 1 aromatic carbocycles. The lowest BCUT2D eigenvalue weighted by atomic mass is 9.97. The summed E-state index contributed by atoms with van der Waals surface area (Å²) < 4.78 is 0. The van der Waals surface area contributed by atoms with Gasteiger partial charge in [0.2, 0.25) is 0 Å². The van der Waals surface area contributed by atoms with Crippen LogP contribution in [-0.2, 0) is 6.42 Å². The molecule has 0 saturated carbocycles. The summed E-state index contributed by atoms with van der Waals surface area (Å²) in [6, 6.07) is 7.98. The van der Waals surface area contributed by atoms with Gasteiger partial charge in [-0.2, -0.15) is 5.10 Å². The number of aromatic nitrogens is 2. The highest BCUT2D eigenvalue weighted by atomic mass is 16.3. The van der Waals surface area contributed by atoms with Gasteiger partial charge < -0.3 is 10.8 Å². The van der Waals surface area contributed by atoms with E-state index >= 15 is 0 Å². The van der Waals surface area contributed by atoms with Crippen molar-refractivity contribution >= 4 is 5.82 Å². The lowest BCUT2D eigenvalue weighted by Gasteiger charge is -2.16. The van der Waals surface area contributed by atoms with Gasteiger partial charge in [0.1, 0.15) is 5.82 Å². The first-order chi connectivity index (χ1) is 7.96. The highest BCUT2D eigenvalue weighted by molar-refractivity contribution is 5.72. The number of anilines is 1. The van der Waals surface area contributed by atoms with Crippen molar-refractivity contribution in [2.75, 3.05) is 5.73 Å². The molecule has 0 atom stereocenters. The molecule has 0 radical (unpaired) electrons. The number of H-pyrrole nitrogens is 1. The van der Waals surface area contributed by atoms with Gasteiger partial charge in [-0.1, -0.05) is 24.3 Å². The normalized spacial score (nSPS) is 11.7. The average molecular weight is 231 g/mol. The van der Waals surface area contributed by atoms with E-state index < -0.39 is 5.60 Å². The van der Waals surface area contributed by atoms with E-state index in [1.807, 2.05) is 24.3 Å². The van der Waals surface area contributed by atoms with E-state index in [0.29, 0.717) is 12.2 Å². The van der Waals surface area contributed by atoms with Gasteiger partial charge in [-0.15, -0.1) is 0 Å². The number of aliphatic hydroxyl groups is 1. The first-order valence-electron chi connectivity index (χ1n) is 5.56. The summed E-state index contributed by atoms with van der Waals surface area (Å²) in [4.78, 5) is 0. The highest BCUT2D eigenvalue weighted by Gasteiger charge is 2.13. The Hall–Kier alpha value is -1.81. The number of benzene rings is 1. The Balaban J connectivity index is 2.22. The van der Waals surface area contributed by atoms with Gasteiger partial charge in [0.25, 0.3) is 0 Å². The molecule has 4 N–H and O–H groups in total. The van der Waals surface area contributed by atoms with E-state index in [1.54, 1.807) is 20.0 Å². The largest absolute Gasteiger partial charge is 0.390 e. The molecule has 1 heterocycles. The van der Waals surface area contributed by atoms with Crippen LogP contribution in [0, 0.1) is 0 Å². The molecule has 4 nitrogen and oxygen atoms in total. The van der Waals surface area contributed by atoms with Crippen molar-refractivity contribution in [2.45, 2.75) is 25.9 Å². The molecule has 2 aromatic rings. The first kappa shape index (κ1) is 11.7. The van der Waals surface area contributed by atoms with Gasteiger partial charge in [0.15, 0.2) is 0 Å². The van der Waals surface area contributed by atoms with Gasteiger partial charge in [0, 0.05) is 12.0 Å². The second kappa shape index (κ2) is 4.22. The summed E-state index contributed by atoms with van der Waals surface area (Å²) in [5.74, 6) is 0.570. The summed E-state index contributed by atoms with van der Waals surface area (Å²) in [6.07, 6.45) is 2.34. The fourth-order valence-corrected chi connectivity index (χ4v) is 1.83. The summed E-state index contributed by atoms with van der Waals surface area (Å²) in [6.45, 7) is 3.60. The van der Waals surface area contributed by atoms with Gasteiger partial charge in [-0.3, -0.25) is 5.10 Å². The number of aromatic amines is 1. The lowest BCUT2D eigenvalue weighted by Crippen LogP contribution is -2.21. The Morgan fingerprint density at radius 2 is 1.94 bits per heavy atom. The molecule has 0 amide bonds. The number of hydrogen-bond acceptors (Lipinski definition) is 3. The molecule has 0 aliphatic heterocycles. The molecule has 1 aromatic heterocycles. The van der Waals surface area contributed by atoms with Crippen LogP contribution in [0.4, 0.5) is 5.82 Å². The summed E-state index contributed by atoms with van der Waals surface area (Å²) in [5.41, 5.74) is 8.10. The summed E-state index contributed by atoms with van der Waals surface area (Å²) in [7, 11) is 0. The molecule has 0 saturated heterocycles. The van der Waals surface area contributed by atoms with Gasteiger partial charge in [-0.05, 0) is 25.0 Å². The van der Waals surface area contributed by atoms with Crippen LogP contribution >= 0.6 is 0 Å². The number of rotatable bonds is 3. The predicted molar refractivity (Wildman–Crippen MR) is 68.4 cm³/mol. The molecule has 0 aliphatic carbocycles. The zero-order chi connectivity index (χ0) is 12.5. The molecule has 4 heteroatoms. The minimum atomic E-state index is -0.684. The average Bonchev–Trinajstić information content (AvgIpc) is 2.63. The lowest BCUT2D eigenvalue weighted by molar-refractivity contribution is 0.0810. The Bertz CT molecular complexity index is 494. The van der Waals surface area contributed by atoms with Crippen LogP contribution in [0.2, 0.25) is 0 Å². The van der Waals surface area contributed by atoms with Crippen LogP contribution in [-0.4, -0.2) is 20.9 Å². The second-order valence-electron chi connectivity index (χ2n) is 4.88. The van der Waals surface area contributed by atoms with Gasteiger partial charge >= 0.3 is 0 Å². The number of hydrogen-bond donors (Lipinski definition) is 3. The standard InChI is InChI=1S/C13H17N3O/c1-13(2,17)7-9-3-5-10(6-4-9)11-8-15-16-12(11)14/h3-6,8,17H,7H2,1-2H3,(H3,14,15,16). The third-order valence-electron chi connectivity index (χ3n) is 2.57. The van der Waals surface area contributed by atoms with Crippen molar-refractivity contribution in [1.82, 2.24) is 10.2 Å². The number of nitrogens with zero attached hydrogens (tertiary/aromatic N) is 1. The van der Waals surface area contributed by atoms with Crippen molar-refractivity contribution in [1.29, 1.82) is 0 Å². The smallest absolute Gasteiger partial charge is 0.126 e. The predicted octanol–water partition coefficient (Wildman–Crippen LogP) is 1.97. The van der Waals surface area contributed by atoms with Crippen LogP contribution in [0.5, 0.6) is 0 Å². The maximum absolute atomic E-state index is 9.73. The SMILES string of the molecule is CC(C)(O)Cc1ccc(-c2cn[nH]c2N)cc1. The van der Waals surface area contributed by atoms with Crippen LogP contribution in [0.25, 0.3) is 11.1 Å². The molecule has 2 rings (SSSR count). The Labute approximate surface area is 100 Å². The topological polar surface area (TPSA) is 74.9 Å². The zero-order valence-electron chi connectivity index (χ0n) is 10.1. The number of nitrogens with one attached hydrogen (secondary N) is 1. The van der Waals surface area contributed by atoms with E-state index in [1.165, 1.54) is 0 Å². The minimum absolute atomic E-state index is 0.570. The van der Waals surface area contributed by atoms with E-state index in [2.05, 4.69) is 10.2 Å². The third-order valence-corrected chi connectivity index (χ3v) is 2.57. The fraction of sp³-hybridized carbons (Fsp3) is 0.308. The zero-order valence-corrected chi connectivity index (χ0v) is 10.1. The summed E-state index contributed by atoms with van der Waals surface area (Å²) >= 11 is 0. The maximum Gasteiger partial charge on any atom is 0.126 e. The van der Waals surface area contributed by atoms with E-state index in [4.69, 9.17) is 5.73 Å². The van der Waals surface area contributed by atoms with Crippen LogP contribution in [0.1, 0.15) is 19.4 Å². The quantitative estimate of drug-likeness (QED) is 0.756. The van der Waals surface area contributed by atoms with Crippen molar-refractivity contribution in [3.8, 4) is 11.1 Å². The molecular formula is C13H17N3O. The molecule has 0 aliphatic rings. The molecule has 90 valence electrons. The van der Waals surface area contributed by atoms with Crippen LogP contribution in [0.3, 0.4) is 0 Å². The second-order valence-corrected chi connectivity index (χ2v) is 4.88. The molecule has 17 heavy (non-hydrogen) atoms. The first-order valence-corrected chi connectivity index (χ1v) is 5.56. The molecule has 0 unspecified atom stereocenters. The number of nitrogens with two attached hydrogens (primary N) is 1. The van der Waals surface area contributed by atoms with Crippen LogP contribution < -0.4 is 5.73 Å². The number of nitrogen functional groups attached to an aromatic ring is 1. The van der Waals surface area contributed by atoms with Crippen molar-refractivity contribution in [3.63, 3.8) is 0 Å². The molecule has 0 fully saturated rings. The Morgan fingerprint density at radius 3 is 2.41 bits per heavy atom. The molecule has 0 spiro atoms. The Kier molecular flexibility index (Phi) is 2.90. The summed E-state index contributed by atoms with van der Waals surface area (Å²) in [5, 5.41) is 16.3. The van der Waals surface area contributed by atoms with E-state index in [-0.39, 0.29) is 0 Å². The third kappa shape index (κ3) is 2.85. The monoisotopic (exact) mass is 231 g/mol.